The number of rotatable bonds is 8. The van der Waals surface area contributed by atoms with Crippen molar-refractivity contribution in [1.82, 2.24) is 4.90 Å². The van der Waals surface area contributed by atoms with E-state index in [2.05, 4.69) is 0 Å². The van der Waals surface area contributed by atoms with Crippen molar-refractivity contribution in [2.75, 3.05) is 43.4 Å². The lowest BCUT2D eigenvalue weighted by atomic mass is 10.2. The van der Waals surface area contributed by atoms with Gasteiger partial charge in [0, 0.05) is 13.1 Å². The number of nitrogens with zero attached hydrogens (tertiary/aromatic N) is 2. The monoisotopic (exact) mass is 433 g/mol. The van der Waals surface area contributed by atoms with Crippen molar-refractivity contribution in [1.29, 1.82) is 0 Å². The van der Waals surface area contributed by atoms with Gasteiger partial charge in [-0.15, -0.1) is 0 Å². The van der Waals surface area contributed by atoms with E-state index in [1.807, 2.05) is 36.1 Å². The van der Waals surface area contributed by atoms with E-state index in [1.54, 1.807) is 24.3 Å². The Morgan fingerprint density at radius 1 is 1.10 bits per heavy atom. The molecule has 2 N–H and O–H groups in total. The fraction of sp³-hybridized carbons (Fsp3) is 0.381. The number of hydrogen-bond donors (Lipinski definition) is 1. The molecule has 9 heteroatoms. The van der Waals surface area contributed by atoms with Crippen molar-refractivity contribution in [2.45, 2.75) is 13.0 Å². The summed E-state index contributed by atoms with van der Waals surface area (Å²) >= 11 is 0. The van der Waals surface area contributed by atoms with Crippen molar-refractivity contribution in [3.63, 3.8) is 0 Å². The third kappa shape index (κ3) is 5.71. The maximum Gasteiger partial charge on any atom is 0.236 e. The lowest BCUT2D eigenvalue weighted by Gasteiger charge is -2.35. The Balaban J connectivity index is 1.79. The van der Waals surface area contributed by atoms with E-state index in [-0.39, 0.29) is 6.54 Å². The number of sulfonamides is 1. The third-order valence-corrected chi connectivity index (χ3v) is 6.10. The molecule has 8 nitrogen and oxygen atoms in total. The fourth-order valence-corrected chi connectivity index (χ4v) is 4.20. The minimum absolute atomic E-state index is 0.0632. The summed E-state index contributed by atoms with van der Waals surface area (Å²) in [5.74, 6) is 0.704. The molecule has 0 unspecified atom stereocenters. The number of carbonyl (C=O) groups excluding carboxylic acids is 1. The maximum absolute atomic E-state index is 12.5. The molecule has 162 valence electrons. The van der Waals surface area contributed by atoms with Crippen LogP contribution in [-0.2, 0) is 19.6 Å². The Bertz CT molecular complexity index is 955. The molecule has 0 saturated carbocycles. The first-order valence-corrected chi connectivity index (χ1v) is 11.5. The predicted molar refractivity (Wildman–Crippen MR) is 115 cm³/mol. The third-order valence-electron chi connectivity index (χ3n) is 4.94. The lowest BCUT2D eigenvalue weighted by Crippen LogP contribution is -2.55. The van der Waals surface area contributed by atoms with Crippen LogP contribution in [0.25, 0.3) is 0 Å². The van der Waals surface area contributed by atoms with E-state index in [9.17, 15) is 13.2 Å². The minimum Gasteiger partial charge on any atom is -0.457 e. The smallest absolute Gasteiger partial charge is 0.236 e. The zero-order chi connectivity index (χ0) is 21.7. The maximum atomic E-state index is 12.5. The van der Waals surface area contributed by atoms with E-state index in [4.69, 9.17) is 15.2 Å². The number of nitrogens with two attached hydrogens (primary N) is 1. The topological polar surface area (TPSA) is 102 Å². The molecule has 2 aromatic rings. The van der Waals surface area contributed by atoms with Gasteiger partial charge in [0.1, 0.15) is 17.5 Å². The lowest BCUT2D eigenvalue weighted by molar-refractivity contribution is -0.124. The first kappa shape index (κ1) is 22.1. The van der Waals surface area contributed by atoms with Crippen LogP contribution in [-0.4, -0.2) is 64.4 Å². The van der Waals surface area contributed by atoms with Crippen LogP contribution in [0.3, 0.4) is 0 Å². The molecule has 0 spiro atoms. The van der Waals surface area contributed by atoms with Crippen LogP contribution < -0.4 is 14.8 Å². The van der Waals surface area contributed by atoms with Gasteiger partial charge in [0.05, 0.1) is 31.7 Å². The van der Waals surface area contributed by atoms with Crippen LogP contribution in [0.4, 0.5) is 5.69 Å². The zero-order valence-electron chi connectivity index (χ0n) is 17.2. The van der Waals surface area contributed by atoms with Gasteiger partial charge in [-0.1, -0.05) is 17.7 Å². The molecule has 1 aliphatic heterocycles. The average molecular weight is 434 g/mol. The molecule has 1 heterocycles. The van der Waals surface area contributed by atoms with Gasteiger partial charge in [0.25, 0.3) is 0 Å². The molecule has 1 aliphatic rings. The Hall–Kier alpha value is -2.62. The molecule has 2 aromatic carbocycles. The van der Waals surface area contributed by atoms with Gasteiger partial charge < -0.3 is 15.2 Å². The number of hydrogen-bond acceptors (Lipinski definition) is 6. The van der Waals surface area contributed by atoms with E-state index in [0.717, 1.165) is 11.8 Å². The highest BCUT2D eigenvalue weighted by Crippen LogP contribution is 2.26. The Morgan fingerprint density at radius 3 is 2.13 bits per heavy atom. The van der Waals surface area contributed by atoms with E-state index in [1.165, 1.54) is 4.31 Å². The van der Waals surface area contributed by atoms with Crippen molar-refractivity contribution < 1.29 is 22.7 Å². The molecule has 0 radical (unpaired) electrons. The first-order chi connectivity index (χ1) is 14.2. The fourth-order valence-electron chi connectivity index (χ4n) is 3.29. The Kier molecular flexibility index (Phi) is 6.96. The summed E-state index contributed by atoms with van der Waals surface area (Å²) < 4.78 is 37.3. The number of morpholine rings is 1. The summed E-state index contributed by atoms with van der Waals surface area (Å²) in [7, 11) is -3.63. The predicted octanol–water partition coefficient (Wildman–Crippen LogP) is 1.74. The number of anilines is 1. The SMILES string of the molecule is Cc1ccc(Oc2ccc(N(C[C@H](C(N)=O)N3CCOCC3)S(C)(=O)=O)cc2)cc1. The molecule has 0 bridgehead atoms. The second kappa shape index (κ2) is 9.46. The molecule has 3 rings (SSSR count). The van der Waals surface area contributed by atoms with Crippen molar-refractivity contribution in [2.24, 2.45) is 5.73 Å². The van der Waals surface area contributed by atoms with Gasteiger partial charge >= 0.3 is 0 Å². The summed E-state index contributed by atoms with van der Waals surface area (Å²) in [5.41, 5.74) is 7.16. The zero-order valence-corrected chi connectivity index (χ0v) is 18.0. The summed E-state index contributed by atoms with van der Waals surface area (Å²) in [6.07, 6.45) is 1.11. The number of primary amides is 1. The summed E-state index contributed by atoms with van der Waals surface area (Å²) in [4.78, 5) is 13.9. The molecule has 1 saturated heterocycles. The molecule has 0 aliphatic carbocycles. The number of benzene rings is 2. The second-order valence-corrected chi connectivity index (χ2v) is 9.18. The van der Waals surface area contributed by atoms with Crippen LogP contribution in [0, 0.1) is 6.92 Å². The molecular formula is C21H27N3O5S. The Morgan fingerprint density at radius 2 is 1.63 bits per heavy atom. The number of ether oxygens (including phenoxy) is 2. The van der Waals surface area contributed by atoms with Gasteiger partial charge in [-0.05, 0) is 43.3 Å². The van der Waals surface area contributed by atoms with Gasteiger partial charge in [-0.3, -0.25) is 14.0 Å². The van der Waals surface area contributed by atoms with Crippen LogP contribution >= 0.6 is 0 Å². The van der Waals surface area contributed by atoms with Gasteiger partial charge in [-0.25, -0.2) is 8.42 Å². The van der Waals surface area contributed by atoms with E-state index in [0.29, 0.717) is 43.5 Å². The van der Waals surface area contributed by atoms with Crippen LogP contribution in [0.1, 0.15) is 5.56 Å². The van der Waals surface area contributed by atoms with E-state index < -0.39 is 22.0 Å². The molecule has 1 fully saturated rings. The van der Waals surface area contributed by atoms with Gasteiger partial charge in [-0.2, -0.15) is 0 Å². The normalized spacial score (nSPS) is 16.1. The largest absolute Gasteiger partial charge is 0.457 e. The second-order valence-electron chi connectivity index (χ2n) is 7.27. The number of aryl methyl sites for hydroxylation is 1. The summed E-state index contributed by atoms with van der Waals surface area (Å²) in [6.45, 7) is 3.94. The first-order valence-electron chi connectivity index (χ1n) is 9.67. The van der Waals surface area contributed by atoms with Crippen LogP contribution in [0.5, 0.6) is 11.5 Å². The number of amides is 1. The van der Waals surface area contributed by atoms with Crippen molar-refractivity contribution in [3.05, 3.63) is 54.1 Å². The summed E-state index contributed by atoms with van der Waals surface area (Å²) in [5, 5.41) is 0. The van der Waals surface area contributed by atoms with Crippen LogP contribution in [0.15, 0.2) is 48.5 Å². The van der Waals surface area contributed by atoms with Gasteiger partial charge in [0.2, 0.25) is 15.9 Å². The highest BCUT2D eigenvalue weighted by atomic mass is 32.2. The quantitative estimate of drug-likeness (QED) is 0.680. The summed E-state index contributed by atoms with van der Waals surface area (Å²) in [6, 6.07) is 13.6. The average Bonchev–Trinajstić information content (AvgIpc) is 2.71. The molecule has 1 atom stereocenters. The number of carbonyl (C=O) groups is 1. The van der Waals surface area contributed by atoms with Crippen LogP contribution in [0.2, 0.25) is 0 Å². The standard InChI is InChI=1S/C21H27N3O5S/c1-16-3-7-18(8-4-16)29-19-9-5-17(6-10-19)24(30(2,26)27)15-20(21(22)25)23-11-13-28-14-12-23/h3-10,20H,11-15H2,1-2H3,(H2,22,25)/t20-/m1/s1. The Labute approximate surface area is 177 Å². The van der Waals surface area contributed by atoms with Gasteiger partial charge in [0.15, 0.2) is 0 Å². The molecular weight excluding hydrogens is 406 g/mol. The van der Waals surface area contributed by atoms with E-state index >= 15 is 0 Å². The minimum atomic E-state index is -3.63. The van der Waals surface area contributed by atoms with Crippen molar-refractivity contribution >= 4 is 21.6 Å². The van der Waals surface area contributed by atoms with Crippen molar-refractivity contribution in [3.8, 4) is 11.5 Å². The molecule has 30 heavy (non-hydrogen) atoms. The molecule has 0 aromatic heterocycles. The highest BCUT2D eigenvalue weighted by molar-refractivity contribution is 7.92. The molecule has 1 amide bonds. The highest BCUT2D eigenvalue weighted by Gasteiger charge is 2.31.